The Bertz CT molecular complexity index is 204. The van der Waals surface area contributed by atoms with Crippen LogP contribution in [-0.4, -0.2) is 24.0 Å². The molecule has 2 nitrogen and oxygen atoms in total. The molecule has 0 unspecified atom stereocenters. The van der Waals surface area contributed by atoms with Crippen LogP contribution in [0.2, 0.25) is 0 Å². The van der Waals surface area contributed by atoms with Gasteiger partial charge in [0.15, 0.2) is 5.17 Å². The first-order chi connectivity index (χ1) is 5.83. The quantitative estimate of drug-likeness (QED) is 0.780. The van der Waals surface area contributed by atoms with E-state index in [1.807, 2.05) is 0 Å². The molecule has 0 amide bonds. The first-order valence-electron chi connectivity index (χ1n) is 3.69. The number of hydrogen-bond donors (Lipinski definition) is 1. The van der Waals surface area contributed by atoms with Crippen molar-refractivity contribution in [3.8, 4) is 0 Å². The first-order valence-corrected chi connectivity index (χ1v) is 5.49. The van der Waals surface area contributed by atoms with Crippen molar-refractivity contribution >= 4 is 40.1 Å². The van der Waals surface area contributed by atoms with Gasteiger partial charge < -0.3 is 5.32 Å². The highest BCUT2D eigenvalue weighted by Crippen LogP contribution is 2.14. The molecule has 0 fully saturated rings. The Morgan fingerprint density at radius 1 is 1.75 bits per heavy atom. The molecule has 0 saturated heterocycles. The second-order valence-electron chi connectivity index (χ2n) is 2.31. The molecular formula is C7H10Cl2N2S. The number of rotatable bonds is 2. The number of nitrogens with zero attached hydrogens (tertiary/aromatic N) is 1. The summed E-state index contributed by atoms with van der Waals surface area (Å²) >= 11 is 12.7. The van der Waals surface area contributed by atoms with E-state index in [1.165, 1.54) is 5.54 Å². The van der Waals surface area contributed by atoms with E-state index in [4.69, 9.17) is 23.2 Å². The van der Waals surface area contributed by atoms with Crippen molar-refractivity contribution in [2.24, 2.45) is 4.99 Å². The molecule has 0 aliphatic carbocycles. The molecule has 1 aliphatic rings. The minimum atomic E-state index is 0.650. The Morgan fingerprint density at radius 2 is 2.58 bits per heavy atom. The van der Waals surface area contributed by atoms with Crippen molar-refractivity contribution in [2.75, 3.05) is 18.8 Å². The summed E-state index contributed by atoms with van der Waals surface area (Å²) in [7, 11) is 0. The minimum absolute atomic E-state index is 0.650. The Kier molecular flexibility index (Phi) is 4.88. The lowest BCUT2D eigenvalue weighted by Crippen LogP contribution is -2.26. The second-order valence-corrected chi connectivity index (χ2v) is 3.98. The predicted octanol–water partition coefficient (Wildman–Crippen LogP) is 2.39. The van der Waals surface area contributed by atoms with E-state index in [0.29, 0.717) is 10.8 Å². The van der Waals surface area contributed by atoms with Crippen LogP contribution in [0.15, 0.2) is 15.6 Å². The summed E-state index contributed by atoms with van der Waals surface area (Å²) in [5.74, 6) is 0.691. The standard InChI is InChI=1S/C7H10Cl2N2S/c8-4-6(9)5-12-7-10-2-1-3-11-7/h4H,1-3,5H2,(H,10,11)/b6-4+. The van der Waals surface area contributed by atoms with Crippen LogP contribution >= 0.6 is 35.0 Å². The summed E-state index contributed by atoms with van der Waals surface area (Å²) in [5, 5.41) is 4.80. The van der Waals surface area contributed by atoms with E-state index in [2.05, 4.69) is 10.3 Å². The third-order valence-electron chi connectivity index (χ3n) is 1.33. The molecule has 0 aromatic heterocycles. The van der Waals surface area contributed by atoms with Gasteiger partial charge in [0.1, 0.15) is 0 Å². The number of halogens is 2. The summed E-state index contributed by atoms with van der Waals surface area (Å²) in [4.78, 5) is 4.28. The van der Waals surface area contributed by atoms with Crippen molar-refractivity contribution in [1.29, 1.82) is 0 Å². The Morgan fingerprint density at radius 3 is 3.17 bits per heavy atom. The zero-order valence-electron chi connectivity index (χ0n) is 6.52. The van der Waals surface area contributed by atoms with Gasteiger partial charge in [0.2, 0.25) is 0 Å². The Balaban J connectivity index is 2.26. The number of aliphatic imine (C=N–C) groups is 1. The van der Waals surface area contributed by atoms with Gasteiger partial charge in [0.05, 0.1) is 0 Å². The molecule has 0 bridgehead atoms. The topological polar surface area (TPSA) is 24.4 Å². The van der Waals surface area contributed by atoms with E-state index in [9.17, 15) is 0 Å². The van der Waals surface area contributed by atoms with Crippen LogP contribution in [0.1, 0.15) is 6.42 Å². The van der Waals surface area contributed by atoms with Crippen molar-refractivity contribution in [2.45, 2.75) is 6.42 Å². The lowest BCUT2D eigenvalue weighted by molar-refractivity contribution is 0.751. The molecule has 12 heavy (non-hydrogen) atoms. The fraction of sp³-hybridized carbons (Fsp3) is 0.571. The van der Waals surface area contributed by atoms with Gasteiger partial charge in [-0.2, -0.15) is 0 Å². The highest BCUT2D eigenvalue weighted by Gasteiger charge is 2.04. The van der Waals surface area contributed by atoms with Crippen molar-refractivity contribution < 1.29 is 0 Å². The van der Waals surface area contributed by atoms with E-state index in [0.717, 1.165) is 24.7 Å². The Hall–Kier alpha value is 0.140. The van der Waals surface area contributed by atoms with Gasteiger partial charge in [0, 0.05) is 29.4 Å². The lowest BCUT2D eigenvalue weighted by atomic mass is 10.4. The number of nitrogens with one attached hydrogen (secondary N) is 1. The van der Waals surface area contributed by atoms with E-state index in [-0.39, 0.29) is 0 Å². The number of hydrogen-bond acceptors (Lipinski definition) is 3. The van der Waals surface area contributed by atoms with Gasteiger partial charge >= 0.3 is 0 Å². The van der Waals surface area contributed by atoms with Crippen LogP contribution in [0.4, 0.5) is 0 Å². The third-order valence-corrected chi connectivity index (χ3v) is 3.11. The summed E-state index contributed by atoms with van der Waals surface area (Å²) < 4.78 is 0. The van der Waals surface area contributed by atoms with E-state index in [1.54, 1.807) is 11.8 Å². The zero-order valence-corrected chi connectivity index (χ0v) is 8.85. The van der Waals surface area contributed by atoms with Crippen LogP contribution in [0.25, 0.3) is 0 Å². The highest BCUT2D eigenvalue weighted by molar-refractivity contribution is 8.14. The maximum absolute atomic E-state index is 5.71. The van der Waals surface area contributed by atoms with Crippen molar-refractivity contribution in [3.05, 3.63) is 10.6 Å². The third kappa shape index (κ3) is 3.70. The smallest absolute Gasteiger partial charge is 0.156 e. The van der Waals surface area contributed by atoms with E-state index < -0.39 is 0 Å². The molecule has 0 radical (unpaired) electrons. The maximum atomic E-state index is 5.71. The number of thioether (sulfide) groups is 1. The van der Waals surface area contributed by atoms with Gasteiger partial charge in [-0.15, -0.1) is 0 Å². The molecule has 5 heteroatoms. The SMILES string of the molecule is Cl/C=C(/Cl)CSC1=NCCCN1. The fourth-order valence-corrected chi connectivity index (χ4v) is 1.85. The van der Waals surface area contributed by atoms with Crippen LogP contribution in [-0.2, 0) is 0 Å². The molecule has 0 atom stereocenters. The van der Waals surface area contributed by atoms with E-state index >= 15 is 0 Å². The van der Waals surface area contributed by atoms with Gasteiger partial charge in [-0.3, -0.25) is 4.99 Å². The molecule has 1 rings (SSSR count). The normalized spacial score (nSPS) is 18.5. The fourth-order valence-electron chi connectivity index (χ4n) is 0.776. The van der Waals surface area contributed by atoms with Gasteiger partial charge in [-0.05, 0) is 6.42 Å². The molecular weight excluding hydrogens is 215 g/mol. The molecule has 0 aromatic rings. The summed E-state index contributed by atoms with van der Waals surface area (Å²) in [6.45, 7) is 1.92. The molecule has 1 aliphatic heterocycles. The summed E-state index contributed by atoms with van der Waals surface area (Å²) in [6.07, 6.45) is 1.11. The number of amidine groups is 1. The second kappa shape index (κ2) is 5.73. The van der Waals surface area contributed by atoms with Crippen LogP contribution in [0, 0.1) is 0 Å². The van der Waals surface area contributed by atoms with Crippen LogP contribution < -0.4 is 5.32 Å². The monoisotopic (exact) mass is 224 g/mol. The average Bonchev–Trinajstić information content (AvgIpc) is 2.16. The zero-order chi connectivity index (χ0) is 8.81. The predicted molar refractivity (Wildman–Crippen MR) is 57.2 cm³/mol. The largest absolute Gasteiger partial charge is 0.365 e. The maximum Gasteiger partial charge on any atom is 0.156 e. The first kappa shape index (κ1) is 10.2. The summed E-state index contributed by atoms with van der Waals surface area (Å²) in [6, 6.07) is 0. The van der Waals surface area contributed by atoms with Crippen molar-refractivity contribution in [3.63, 3.8) is 0 Å². The molecule has 0 spiro atoms. The van der Waals surface area contributed by atoms with Gasteiger partial charge in [0.25, 0.3) is 0 Å². The minimum Gasteiger partial charge on any atom is -0.365 e. The molecule has 68 valence electrons. The summed E-state index contributed by atoms with van der Waals surface area (Å²) in [5.41, 5.74) is 1.39. The van der Waals surface area contributed by atoms with Crippen molar-refractivity contribution in [1.82, 2.24) is 5.32 Å². The average molecular weight is 225 g/mol. The molecule has 1 heterocycles. The molecule has 0 aromatic carbocycles. The lowest BCUT2D eigenvalue weighted by Gasteiger charge is -2.12. The van der Waals surface area contributed by atoms with Crippen LogP contribution in [0.5, 0.6) is 0 Å². The molecule has 0 saturated carbocycles. The van der Waals surface area contributed by atoms with Crippen LogP contribution in [0.3, 0.4) is 0 Å². The van der Waals surface area contributed by atoms with Gasteiger partial charge in [-0.25, -0.2) is 0 Å². The molecule has 1 N–H and O–H groups in total. The van der Waals surface area contributed by atoms with Gasteiger partial charge in [-0.1, -0.05) is 35.0 Å². The Labute approximate surface area is 86.4 Å². The highest BCUT2D eigenvalue weighted by atomic mass is 35.5.